The molecule has 0 unspecified atom stereocenters. The first kappa shape index (κ1) is 18.4. The van der Waals surface area contributed by atoms with E-state index in [1.807, 2.05) is 20.8 Å². The summed E-state index contributed by atoms with van der Waals surface area (Å²) in [5, 5.41) is 0. The van der Waals surface area contributed by atoms with Crippen LogP contribution < -0.4 is 0 Å². The average molecular weight is 401 g/mol. The van der Waals surface area contributed by atoms with Crippen molar-refractivity contribution >= 4 is 41.6 Å². The Hall–Kier alpha value is -0.660. The van der Waals surface area contributed by atoms with Crippen LogP contribution in [0.1, 0.15) is 31.1 Å². The van der Waals surface area contributed by atoms with E-state index in [9.17, 15) is 17.6 Å². The highest BCUT2D eigenvalue weighted by molar-refractivity contribution is 9.10. The Labute approximate surface area is 136 Å². The number of nitrogens with zero attached hydrogens (tertiary/aromatic N) is 1. The molecule has 1 rings (SSSR count). The zero-order valence-corrected chi connectivity index (χ0v) is 15.2. The van der Waals surface area contributed by atoms with Crippen LogP contribution in [0.2, 0.25) is 0 Å². The zero-order chi connectivity index (χ0) is 16.6. The van der Waals surface area contributed by atoms with E-state index in [-0.39, 0.29) is 15.5 Å². The number of halogens is 3. The Morgan fingerprint density at radius 1 is 1.38 bits per heavy atom. The van der Waals surface area contributed by atoms with Gasteiger partial charge < -0.3 is 4.90 Å². The summed E-state index contributed by atoms with van der Waals surface area (Å²) in [4.78, 5) is 13.2. The van der Waals surface area contributed by atoms with Gasteiger partial charge in [-0.3, -0.25) is 4.79 Å². The molecule has 1 amide bonds. The molecule has 0 radical (unpaired) electrons. The molecule has 0 saturated heterocycles. The van der Waals surface area contributed by atoms with E-state index in [1.54, 1.807) is 7.05 Å². The van der Waals surface area contributed by atoms with Gasteiger partial charge in [0.15, 0.2) is 0 Å². The number of carbonyl (C=O) groups is 1. The van der Waals surface area contributed by atoms with Crippen LogP contribution in [0, 0.1) is 11.2 Å². The summed E-state index contributed by atoms with van der Waals surface area (Å²) >= 11 is 2.82. The molecule has 0 saturated carbocycles. The minimum atomic E-state index is -4.16. The number of carbonyl (C=O) groups excluding carboxylic acids is 1. The van der Waals surface area contributed by atoms with E-state index in [4.69, 9.17) is 10.7 Å². The lowest BCUT2D eigenvalue weighted by Gasteiger charge is -2.26. The molecule has 8 heteroatoms. The Kier molecular flexibility index (Phi) is 5.45. The van der Waals surface area contributed by atoms with E-state index in [0.29, 0.717) is 6.54 Å². The molecule has 0 heterocycles. The standard InChI is InChI=1S/C13H16BrClFNO3S/c1-13(2,3)7-17(4)12(18)8-5-9(16)11(14)10(6-8)21(15,19)20/h5-6H,7H2,1-4H3. The van der Waals surface area contributed by atoms with Crippen molar-refractivity contribution in [1.82, 2.24) is 4.90 Å². The first-order chi connectivity index (χ1) is 9.33. The SMILES string of the molecule is CN(CC(C)(C)C)C(=O)c1cc(F)c(Br)c(S(=O)(=O)Cl)c1. The topological polar surface area (TPSA) is 54.5 Å². The third-order valence-corrected chi connectivity index (χ3v) is 4.98. The maximum Gasteiger partial charge on any atom is 0.262 e. The molecule has 0 fully saturated rings. The summed E-state index contributed by atoms with van der Waals surface area (Å²) in [5.41, 5.74) is -0.207. The molecule has 0 aliphatic heterocycles. The molecular formula is C13H16BrClFNO3S. The second kappa shape index (κ2) is 6.22. The molecule has 0 aliphatic rings. The van der Waals surface area contributed by atoms with Crippen molar-refractivity contribution in [2.45, 2.75) is 25.7 Å². The van der Waals surface area contributed by atoms with Crippen LogP contribution in [-0.2, 0) is 9.05 Å². The number of amides is 1. The van der Waals surface area contributed by atoms with Crippen molar-refractivity contribution in [3.05, 3.63) is 28.0 Å². The molecule has 1 aromatic carbocycles. The molecule has 0 aliphatic carbocycles. The van der Waals surface area contributed by atoms with Gasteiger partial charge in [-0.2, -0.15) is 0 Å². The first-order valence-corrected chi connectivity index (χ1v) is 9.12. The van der Waals surface area contributed by atoms with Crippen molar-refractivity contribution in [3.8, 4) is 0 Å². The normalized spacial score (nSPS) is 12.3. The van der Waals surface area contributed by atoms with E-state index < -0.39 is 25.7 Å². The second-order valence-corrected chi connectivity index (χ2v) is 9.26. The van der Waals surface area contributed by atoms with Gasteiger partial charge >= 0.3 is 0 Å². The van der Waals surface area contributed by atoms with Crippen LogP contribution in [0.5, 0.6) is 0 Å². The molecule has 21 heavy (non-hydrogen) atoms. The predicted molar refractivity (Wildman–Crippen MR) is 83.6 cm³/mol. The van der Waals surface area contributed by atoms with Gasteiger partial charge in [0.2, 0.25) is 0 Å². The molecule has 0 aromatic heterocycles. The van der Waals surface area contributed by atoms with E-state index in [1.165, 1.54) is 4.90 Å². The minimum Gasteiger partial charge on any atom is -0.341 e. The van der Waals surface area contributed by atoms with Gasteiger partial charge in [0.05, 0.1) is 4.47 Å². The third kappa shape index (κ3) is 4.93. The molecule has 4 nitrogen and oxygen atoms in total. The molecule has 118 valence electrons. The summed E-state index contributed by atoms with van der Waals surface area (Å²) in [6, 6.07) is 2.05. The molecule has 0 N–H and O–H groups in total. The smallest absolute Gasteiger partial charge is 0.262 e. The van der Waals surface area contributed by atoms with Crippen molar-refractivity contribution in [2.24, 2.45) is 5.41 Å². The second-order valence-electron chi connectivity index (χ2n) is 5.93. The van der Waals surface area contributed by atoms with Crippen LogP contribution in [-0.4, -0.2) is 32.8 Å². The van der Waals surface area contributed by atoms with Gasteiger partial charge in [-0.15, -0.1) is 0 Å². The zero-order valence-electron chi connectivity index (χ0n) is 12.1. The van der Waals surface area contributed by atoms with Gasteiger partial charge in [-0.05, 0) is 33.5 Å². The highest BCUT2D eigenvalue weighted by Gasteiger charge is 2.24. The number of hydrogen-bond acceptors (Lipinski definition) is 3. The lowest BCUT2D eigenvalue weighted by molar-refractivity contribution is 0.0745. The van der Waals surface area contributed by atoms with Crippen LogP contribution in [0.4, 0.5) is 4.39 Å². The summed E-state index contributed by atoms with van der Waals surface area (Å²) in [7, 11) is 2.66. The van der Waals surface area contributed by atoms with E-state index in [0.717, 1.165) is 12.1 Å². The minimum absolute atomic E-state index is 0.0679. The van der Waals surface area contributed by atoms with Gasteiger partial charge in [-0.1, -0.05) is 20.8 Å². The summed E-state index contributed by atoms with van der Waals surface area (Å²) < 4.78 is 36.4. The molecule has 1 aromatic rings. The fourth-order valence-electron chi connectivity index (χ4n) is 1.87. The Morgan fingerprint density at radius 2 is 1.90 bits per heavy atom. The quantitative estimate of drug-likeness (QED) is 0.728. The molecule has 0 atom stereocenters. The average Bonchev–Trinajstić information content (AvgIpc) is 2.27. The van der Waals surface area contributed by atoms with E-state index >= 15 is 0 Å². The Balaban J connectivity index is 3.27. The van der Waals surface area contributed by atoms with Gasteiger partial charge in [-0.25, -0.2) is 12.8 Å². The van der Waals surface area contributed by atoms with Crippen LogP contribution in [0.25, 0.3) is 0 Å². The largest absolute Gasteiger partial charge is 0.341 e. The third-order valence-electron chi connectivity index (χ3n) is 2.56. The fourth-order valence-corrected chi connectivity index (χ4v) is 3.96. The number of rotatable bonds is 3. The lowest BCUT2D eigenvalue weighted by atomic mass is 9.96. The monoisotopic (exact) mass is 399 g/mol. The maximum absolute atomic E-state index is 13.8. The molecule has 0 spiro atoms. The summed E-state index contributed by atoms with van der Waals surface area (Å²) in [6.45, 7) is 6.29. The number of benzene rings is 1. The highest BCUT2D eigenvalue weighted by Crippen LogP contribution is 2.29. The van der Waals surface area contributed by atoms with Gasteiger partial charge in [0, 0.05) is 29.8 Å². The predicted octanol–water partition coefficient (Wildman–Crippen LogP) is 3.63. The fraction of sp³-hybridized carbons (Fsp3) is 0.462. The summed E-state index contributed by atoms with van der Waals surface area (Å²) in [5.74, 6) is -1.33. The van der Waals surface area contributed by atoms with Gasteiger partial charge in [0.1, 0.15) is 10.7 Å². The first-order valence-electron chi connectivity index (χ1n) is 6.02. The maximum atomic E-state index is 13.8. The van der Waals surface area contributed by atoms with Gasteiger partial charge in [0.25, 0.3) is 15.0 Å². The van der Waals surface area contributed by atoms with Crippen molar-refractivity contribution in [1.29, 1.82) is 0 Å². The van der Waals surface area contributed by atoms with Crippen molar-refractivity contribution < 1.29 is 17.6 Å². The van der Waals surface area contributed by atoms with Crippen LogP contribution in [0.15, 0.2) is 21.5 Å². The highest BCUT2D eigenvalue weighted by atomic mass is 79.9. The number of hydrogen-bond donors (Lipinski definition) is 0. The van der Waals surface area contributed by atoms with Crippen molar-refractivity contribution in [2.75, 3.05) is 13.6 Å². The van der Waals surface area contributed by atoms with Crippen LogP contribution >= 0.6 is 26.6 Å². The lowest BCUT2D eigenvalue weighted by Crippen LogP contribution is -2.34. The molecule has 0 bridgehead atoms. The summed E-state index contributed by atoms with van der Waals surface area (Å²) in [6.07, 6.45) is 0. The van der Waals surface area contributed by atoms with Crippen LogP contribution in [0.3, 0.4) is 0 Å². The van der Waals surface area contributed by atoms with Crippen molar-refractivity contribution in [3.63, 3.8) is 0 Å². The van der Waals surface area contributed by atoms with E-state index in [2.05, 4.69) is 15.9 Å². The Bertz CT molecular complexity index is 671. The Morgan fingerprint density at radius 3 is 2.33 bits per heavy atom. The molecular weight excluding hydrogens is 385 g/mol.